The lowest BCUT2D eigenvalue weighted by Gasteiger charge is -2.11. The molecule has 2 rings (SSSR count). The van der Waals surface area contributed by atoms with E-state index in [1.165, 1.54) is 0 Å². The van der Waals surface area contributed by atoms with Crippen LogP contribution in [0.2, 0.25) is 0 Å². The summed E-state index contributed by atoms with van der Waals surface area (Å²) in [5.41, 5.74) is 6.81. The van der Waals surface area contributed by atoms with E-state index in [-0.39, 0.29) is 0 Å². The van der Waals surface area contributed by atoms with Crippen molar-refractivity contribution in [3.63, 3.8) is 0 Å². The van der Waals surface area contributed by atoms with Crippen LogP contribution in [-0.2, 0) is 6.54 Å². The molecule has 4 heteroatoms. The van der Waals surface area contributed by atoms with Crippen molar-refractivity contribution in [3.8, 4) is 0 Å². The molecule has 0 radical (unpaired) electrons. The molecule has 0 saturated carbocycles. The van der Waals surface area contributed by atoms with E-state index in [0.717, 1.165) is 43.4 Å². The molecule has 4 nitrogen and oxygen atoms in total. The van der Waals surface area contributed by atoms with Crippen molar-refractivity contribution >= 4 is 0 Å². The van der Waals surface area contributed by atoms with Gasteiger partial charge in [0.15, 0.2) is 0 Å². The van der Waals surface area contributed by atoms with Crippen LogP contribution in [-0.4, -0.2) is 29.0 Å². The maximum atomic E-state index is 5.82. The Kier molecular flexibility index (Phi) is 2.56. The third-order valence-electron chi connectivity index (χ3n) is 2.74. The molecule has 1 fully saturated rings. The largest absolute Gasteiger partial charge is 0.444 e. The standard InChI is InChI=1S/C10H17N3O/c1-7-8(2)14-10(12-7)6-13-4-3-9(11)5-13/h9H,3-6,11H2,1-2H3/t9-/m1/s1. The number of oxazole rings is 1. The summed E-state index contributed by atoms with van der Waals surface area (Å²) in [6.45, 7) is 6.73. The normalized spacial score (nSPS) is 23.2. The van der Waals surface area contributed by atoms with Crippen LogP contribution in [0.1, 0.15) is 23.8 Å². The van der Waals surface area contributed by atoms with Gasteiger partial charge in [0.25, 0.3) is 0 Å². The smallest absolute Gasteiger partial charge is 0.208 e. The molecule has 0 amide bonds. The summed E-state index contributed by atoms with van der Waals surface area (Å²) in [5, 5.41) is 0. The Labute approximate surface area is 84.1 Å². The third-order valence-corrected chi connectivity index (χ3v) is 2.74. The first kappa shape index (κ1) is 9.68. The van der Waals surface area contributed by atoms with Crippen LogP contribution in [0.3, 0.4) is 0 Å². The highest BCUT2D eigenvalue weighted by Crippen LogP contribution is 2.14. The second-order valence-electron chi connectivity index (χ2n) is 4.03. The molecule has 1 aliphatic rings. The van der Waals surface area contributed by atoms with Crippen molar-refractivity contribution in [1.82, 2.24) is 9.88 Å². The maximum Gasteiger partial charge on any atom is 0.208 e. The molecule has 2 N–H and O–H groups in total. The summed E-state index contributed by atoms with van der Waals surface area (Å²) in [4.78, 5) is 6.64. The third kappa shape index (κ3) is 1.96. The molecule has 78 valence electrons. The van der Waals surface area contributed by atoms with Crippen molar-refractivity contribution in [3.05, 3.63) is 17.3 Å². The second kappa shape index (κ2) is 3.71. The molecule has 1 aliphatic heterocycles. The maximum absolute atomic E-state index is 5.82. The van der Waals surface area contributed by atoms with Gasteiger partial charge in [-0.25, -0.2) is 4.98 Å². The van der Waals surface area contributed by atoms with Crippen LogP contribution in [0.4, 0.5) is 0 Å². The first-order valence-electron chi connectivity index (χ1n) is 5.06. The van der Waals surface area contributed by atoms with Crippen LogP contribution in [0, 0.1) is 13.8 Å². The van der Waals surface area contributed by atoms with Crippen molar-refractivity contribution in [1.29, 1.82) is 0 Å². The summed E-state index contributed by atoms with van der Waals surface area (Å²) in [5.74, 6) is 1.73. The second-order valence-corrected chi connectivity index (χ2v) is 4.03. The molecule has 2 heterocycles. The number of aryl methyl sites for hydroxylation is 2. The van der Waals surface area contributed by atoms with Gasteiger partial charge < -0.3 is 10.2 Å². The highest BCUT2D eigenvalue weighted by atomic mass is 16.4. The van der Waals surface area contributed by atoms with E-state index in [1.807, 2.05) is 13.8 Å². The van der Waals surface area contributed by atoms with Gasteiger partial charge in [-0.1, -0.05) is 0 Å². The van der Waals surface area contributed by atoms with Crippen LogP contribution in [0.15, 0.2) is 4.42 Å². The van der Waals surface area contributed by atoms with Gasteiger partial charge in [-0.2, -0.15) is 0 Å². The van der Waals surface area contributed by atoms with Gasteiger partial charge in [-0.05, 0) is 20.3 Å². The zero-order chi connectivity index (χ0) is 10.1. The fourth-order valence-electron chi connectivity index (χ4n) is 1.80. The van der Waals surface area contributed by atoms with E-state index in [0.29, 0.717) is 6.04 Å². The highest BCUT2D eigenvalue weighted by Gasteiger charge is 2.20. The van der Waals surface area contributed by atoms with E-state index >= 15 is 0 Å². The van der Waals surface area contributed by atoms with E-state index in [4.69, 9.17) is 10.2 Å². The molecule has 1 aromatic heterocycles. The lowest BCUT2D eigenvalue weighted by atomic mass is 10.3. The SMILES string of the molecule is Cc1nc(CN2CC[C@@H](N)C2)oc1C. The number of likely N-dealkylation sites (tertiary alicyclic amines) is 1. The van der Waals surface area contributed by atoms with Gasteiger partial charge in [0.05, 0.1) is 12.2 Å². The number of hydrogen-bond donors (Lipinski definition) is 1. The van der Waals surface area contributed by atoms with E-state index in [9.17, 15) is 0 Å². The van der Waals surface area contributed by atoms with Gasteiger partial charge in [-0.3, -0.25) is 4.90 Å². The van der Waals surface area contributed by atoms with Crippen LogP contribution < -0.4 is 5.73 Å². The lowest BCUT2D eigenvalue weighted by molar-refractivity contribution is 0.285. The fraction of sp³-hybridized carbons (Fsp3) is 0.700. The topological polar surface area (TPSA) is 55.3 Å². The first-order chi connectivity index (χ1) is 6.65. The number of rotatable bonds is 2. The summed E-state index contributed by atoms with van der Waals surface area (Å²) < 4.78 is 5.52. The monoisotopic (exact) mass is 195 g/mol. The Balaban J connectivity index is 1.97. The van der Waals surface area contributed by atoms with Crippen molar-refractivity contribution in [2.24, 2.45) is 5.73 Å². The molecule has 1 atom stereocenters. The molecular formula is C10H17N3O. The zero-order valence-electron chi connectivity index (χ0n) is 8.79. The Hall–Kier alpha value is -0.870. The van der Waals surface area contributed by atoms with Crippen LogP contribution in [0.25, 0.3) is 0 Å². The number of hydrogen-bond acceptors (Lipinski definition) is 4. The van der Waals surface area contributed by atoms with Crippen molar-refractivity contribution < 1.29 is 4.42 Å². The zero-order valence-corrected chi connectivity index (χ0v) is 8.79. The first-order valence-corrected chi connectivity index (χ1v) is 5.06. The summed E-state index contributed by atoms with van der Waals surface area (Å²) in [7, 11) is 0. The van der Waals surface area contributed by atoms with Gasteiger partial charge in [0, 0.05) is 19.1 Å². The number of aromatic nitrogens is 1. The molecule has 1 aromatic rings. The molecule has 0 aliphatic carbocycles. The van der Waals surface area contributed by atoms with Gasteiger partial charge in [-0.15, -0.1) is 0 Å². The summed E-state index contributed by atoms with van der Waals surface area (Å²) in [6.07, 6.45) is 1.08. The Morgan fingerprint density at radius 1 is 1.57 bits per heavy atom. The molecule has 0 aromatic carbocycles. The van der Waals surface area contributed by atoms with Crippen molar-refractivity contribution in [2.45, 2.75) is 32.9 Å². The predicted octanol–water partition coefficient (Wildman–Crippen LogP) is 0.824. The van der Waals surface area contributed by atoms with Gasteiger partial charge in [0.1, 0.15) is 5.76 Å². The van der Waals surface area contributed by atoms with E-state index < -0.39 is 0 Å². The molecule has 0 bridgehead atoms. The van der Waals surface area contributed by atoms with Gasteiger partial charge in [0.2, 0.25) is 5.89 Å². The minimum atomic E-state index is 0.326. The molecule has 1 saturated heterocycles. The average molecular weight is 195 g/mol. The Morgan fingerprint density at radius 2 is 2.36 bits per heavy atom. The number of nitrogens with zero attached hydrogens (tertiary/aromatic N) is 2. The predicted molar refractivity (Wildman–Crippen MR) is 53.8 cm³/mol. The quantitative estimate of drug-likeness (QED) is 0.759. The summed E-state index contributed by atoms with van der Waals surface area (Å²) >= 11 is 0. The minimum Gasteiger partial charge on any atom is -0.444 e. The van der Waals surface area contributed by atoms with E-state index in [2.05, 4.69) is 9.88 Å². The minimum absolute atomic E-state index is 0.326. The number of nitrogens with two attached hydrogens (primary N) is 1. The van der Waals surface area contributed by atoms with E-state index in [1.54, 1.807) is 0 Å². The van der Waals surface area contributed by atoms with Crippen molar-refractivity contribution in [2.75, 3.05) is 13.1 Å². The summed E-state index contributed by atoms with van der Waals surface area (Å²) in [6, 6.07) is 0.326. The average Bonchev–Trinajstić information content (AvgIpc) is 2.62. The van der Waals surface area contributed by atoms with Gasteiger partial charge >= 0.3 is 0 Å². The Morgan fingerprint density at radius 3 is 2.86 bits per heavy atom. The Bertz CT molecular complexity index is 302. The molecule has 0 unspecified atom stereocenters. The van der Waals surface area contributed by atoms with Crippen LogP contribution >= 0.6 is 0 Å². The molecule has 0 spiro atoms. The fourth-order valence-corrected chi connectivity index (χ4v) is 1.80. The molecule has 14 heavy (non-hydrogen) atoms. The lowest BCUT2D eigenvalue weighted by Crippen LogP contribution is -2.26. The molecular weight excluding hydrogens is 178 g/mol. The van der Waals surface area contributed by atoms with Crippen LogP contribution in [0.5, 0.6) is 0 Å². The highest BCUT2D eigenvalue weighted by molar-refractivity contribution is 5.05.